The number of pyridine rings is 1. The lowest BCUT2D eigenvalue weighted by Gasteiger charge is -2.12. The van der Waals surface area contributed by atoms with Gasteiger partial charge < -0.3 is 10.6 Å². The Morgan fingerprint density at radius 1 is 1.10 bits per heavy atom. The lowest BCUT2D eigenvalue weighted by Crippen LogP contribution is -2.38. The van der Waals surface area contributed by atoms with Crippen LogP contribution < -0.4 is 10.6 Å². The number of aromatic nitrogens is 3. The third-order valence-electron chi connectivity index (χ3n) is 4.37. The van der Waals surface area contributed by atoms with Crippen LogP contribution in [0.15, 0.2) is 70.9 Å². The van der Waals surface area contributed by atoms with Crippen molar-refractivity contribution in [2.45, 2.75) is 24.8 Å². The normalized spacial score (nSPS) is 12.0. The van der Waals surface area contributed by atoms with Crippen LogP contribution in [0, 0.1) is 0 Å². The van der Waals surface area contributed by atoms with Crippen LogP contribution in [0.5, 0.6) is 0 Å². The highest BCUT2D eigenvalue weighted by Crippen LogP contribution is 2.10. The molecule has 3 aromatic rings. The maximum atomic E-state index is 11.6. The molecule has 2 aromatic heterocycles. The summed E-state index contributed by atoms with van der Waals surface area (Å²) < 4.78 is 24.8. The number of sulfone groups is 1. The standard InChI is InChI=1S/C21H26N6O2S/c1-3-22-21(24-13-9-17-5-7-19(8-6-17)30(2,28)29)25-16-18-10-12-23-20(15-18)27-14-4-11-26-27/h4-8,10-12,14-15H,3,9,13,16H2,1-2H3,(H2,22,24,25). The van der Waals surface area contributed by atoms with E-state index in [4.69, 9.17) is 0 Å². The summed E-state index contributed by atoms with van der Waals surface area (Å²) in [6.07, 6.45) is 7.29. The lowest BCUT2D eigenvalue weighted by molar-refractivity contribution is 0.602. The number of rotatable bonds is 8. The van der Waals surface area contributed by atoms with Gasteiger partial charge in [-0.05, 0) is 54.8 Å². The molecule has 0 bridgehead atoms. The molecule has 0 atom stereocenters. The second-order valence-corrected chi connectivity index (χ2v) is 8.78. The van der Waals surface area contributed by atoms with Crippen LogP contribution in [-0.2, 0) is 22.8 Å². The first-order valence-electron chi connectivity index (χ1n) is 9.72. The van der Waals surface area contributed by atoms with Crippen molar-refractivity contribution in [2.24, 2.45) is 4.99 Å². The van der Waals surface area contributed by atoms with Gasteiger partial charge in [-0.1, -0.05) is 12.1 Å². The topological polar surface area (TPSA) is 101 Å². The van der Waals surface area contributed by atoms with E-state index in [0.717, 1.165) is 35.9 Å². The Morgan fingerprint density at radius 3 is 2.57 bits per heavy atom. The molecule has 0 radical (unpaired) electrons. The third-order valence-corrected chi connectivity index (χ3v) is 5.50. The highest BCUT2D eigenvalue weighted by Gasteiger charge is 2.06. The minimum absolute atomic E-state index is 0.334. The maximum absolute atomic E-state index is 11.6. The molecule has 0 aliphatic rings. The first kappa shape index (κ1) is 21.5. The van der Waals surface area contributed by atoms with Crippen LogP contribution in [-0.4, -0.2) is 48.5 Å². The summed E-state index contributed by atoms with van der Waals surface area (Å²) in [6, 6.07) is 12.7. The van der Waals surface area contributed by atoms with Crippen molar-refractivity contribution in [1.82, 2.24) is 25.4 Å². The summed E-state index contributed by atoms with van der Waals surface area (Å²) in [5.41, 5.74) is 2.09. The molecule has 0 saturated heterocycles. The Morgan fingerprint density at radius 2 is 1.90 bits per heavy atom. The van der Waals surface area contributed by atoms with Gasteiger partial charge in [-0.2, -0.15) is 5.10 Å². The summed E-state index contributed by atoms with van der Waals surface area (Å²) in [5.74, 6) is 1.48. The third kappa shape index (κ3) is 6.15. The van der Waals surface area contributed by atoms with E-state index < -0.39 is 9.84 Å². The van der Waals surface area contributed by atoms with Gasteiger partial charge in [0.25, 0.3) is 0 Å². The molecule has 2 N–H and O–H groups in total. The molecule has 0 aliphatic heterocycles. The minimum atomic E-state index is -3.17. The second-order valence-electron chi connectivity index (χ2n) is 6.76. The molecule has 0 saturated carbocycles. The van der Waals surface area contributed by atoms with Crippen molar-refractivity contribution in [3.63, 3.8) is 0 Å². The van der Waals surface area contributed by atoms with Gasteiger partial charge in [-0.15, -0.1) is 0 Å². The smallest absolute Gasteiger partial charge is 0.191 e. The van der Waals surface area contributed by atoms with Crippen LogP contribution in [0.1, 0.15) is 18.1 Å². The van der Waals surface area contributed by atoms with Crippen LogP contribution >= 0.6 is 0 Å². The predicted octanol–water partition coefficient (Wildman–Crippen LogP) is 1.97. The maximum Gasteiger partial charge on any atom is 0.191 e. The number of hydrogen-bond donors (Lipinski definition) is 2. The van der Waals surface area contributed by atoms with Gasteiger partial charge in [-0.3, -0.25) is 0 Å². The van der Waals surface area contributed by atoms with Crippen molar-refractivity contribution in [3.05, 3.63) is 72.2 Å². The van der Waals surface area contributed by atoms with Gasteiger partial charge in [0.1, 0.15) is 0 Å². The summed E-state index contributed by atoms with van der Waals surface area (Å²) in [7, 11) is -3.17. The van der Waals surface area contributed by atoms with Crippen LogP contribution in [0.3, 0.4) is 0 Å². The molecule has 0 fully saturated rings. The van der Waals surface area contributed by atoms with Crippen molar-refractivity contribution >= 4 is 15.8 Å². The van der Waals surface area contributed by atoms with Crippen molar-refractivity contribution < 1.29 is 8.42 Å². The molecule has 0 unspecified atom stereocenters. The first-order valence-corrected chi connectivity index (χ1v) is 11.6. The van der Waals surface area contributed by atoms with E-state index in [1.54, 1.807) is 29.2 Å². The zero-order valence-corrected chi connectivity index (χ0v) is 17.9. The molecule has 0 spiro atoms. The molecular weight excluding hydrogens is 400 g/mol. The molecule has 30 heavy (non-hydrogen) atoms. The molecule has 1 aromatic carbocycles. The highest BCUT2D eigenvalue weighted by atomic mass is 32.2. The Labute approximate surface area is 177 Å². The number of aliphatic imine (C=N–C) groups is 1. The van der Waals surface area contributed by atoms with E-state index in [-0.39, 0.29) is 0 Å². The number of guanidine groups is 1. The molecule has 0 aliphatic carbocycles. The van der Waals surface area contributed by atoms with Crippen LogP contribution in [0.25, 0.3) is 5.82 Å². The molecule has 0 amide bonds. The molecule has 8 nitrogen and oxygen atoms in total. The van der Waals surface area contributed by atoms with E-state index in [9.17, 15) is 8.42 Å². The Hall–Kier alpha value is -3.20. The van der Waals surface area contributed by atoms with Gasteiger partial charge >= 0.3 is 0 Å². The van der Waals surface area contributed by atoms with Gasteiger partial charge in [0.05, 0.1) is 11.4 Å². The fourth-order valence-electron chi connectivity index (χ4n) is 2.83. The monoisotopic (exact) mass is 426 g/mol. The van der Waals surface area contributed by atoms with Crippen molar-refractivity contribution in [1.29, 1.82) is 0 Å². The summed E-state index contributed by atoms with van der Waals surface area (Å²) >= 11 is 0. The fourth-order valence-corrected chi connectivity index (χ4v) is 3.46. The van der Waals surface area contributed by atoms with E-state index in [0.29, 0.717) is 18.0 Å². The quantitative estimate of drug-likeness (QED) is 0.422. The summed E-state index contributed by atoms with van der Waals surface area (Å²) in [6.45, 7) is 3.96. The Bertz CT molecular complexity index is 1080. The first-order chi connectivity index (χ1) is 14.5. The average molecular weight is 427 g/mol. The van der Waals surface area contributed by atoms with E-state index in [2.05, 4.69) is 25.7 Å². The van der Waals surface area contributed by atoms with Gasteiger partial charge in [0.2, 0.25) is 0 Å². The molecule has 2 heterocycles. The van der Waals surface area contributed by atoms with Crippen LogP contribution in [0.2, 0.25) is 0 Å². The van der Waals surface area contributed by atoms with Crippen molar-refractivity contribution in [2.75, 3.05) is 19.3 Å². The summed E-state index contributed by atoms with van der Waals surface area (Å²) in [5, 5.41) is 10.8. The van der Waals surface area contributed by atoms with Crippen LogP contribution in [0.4, 0.5) is 0 Å². The number of nitrogens with zero attached hydrogens (tertiary/aromatic N) is 4. The SMILES string of the molecule is CCNC(=NCc1ccnc(-n2cccn2)c1)NCCc1ccc(S(C)(=O)=O)cc1. The molecule has 9 heteroatoms. The zero-order valence-electron chi connectivity index (χ0n) is 17.1. The largest absolute Gasteiger partial charge is 0.357 e. The second kappa shape index (κ2) is 10.0. The number of hydrogen-bond acceptors (Lipinski definition) is 5. The van der Waals surface area contributed by atoms with Gasteiger partial charge in [-0.25, -0.2) is 23.1 Å². The fraction of sp³-hybridized carbons (Fsp3) is 0.286. The lowest BCUT2D eigenvalue weighted by atomic mass is 10.1. The number of benzene rings is 1. The highest BCUT2D eigenvalue weighted by molar-refractivity contribution is 7.90. The van der Waals surface area contributed by atoms with E-state index in [1.165, 1.54) is 6.26 Å². The molecule has 3 rings (SSSR count). The van der Waals surface area contributed by atoms with E-state index in [1.807, 2.05) is 43.5 Å². The summed E-state index contributed by atoms with van der Waals surface area (Å²) in [4.78, 5) is 9.31. The minimum Gasteiger partial charge on any atom is -0.357 e. The average Bonchev–Trinajstić information content (AvgIpc) is 3.27. The Kier molecular flexibility index (Phi) is 7.18. The predicted molar refractivity (Wildman–Crippen MR) is 117 cm³/mol. The van der Waals surface area contributed by atoms with E-state index >= 15 is 0 Å². The zero-order chi connectivity index (χ0) is 21.4. The van der Waals surface area contributed by atoms with Gasteiger partial charge in [0, 0.05) is 37.9 Å². The van der Waals surface area contributed by atoms with Crippen molar-refractivity contribution in [3.8, 4) is 5.82 Å². The molecular formula is C21H26N6O2S. The molecule has 158 valence electrons. The number of nitrogens with one attached hydrogen (secondary N) is 2. The van der Waals surface area contributed by atoms with Gasteiger partial charge in [0.15, 0.2) is 21.6 Å². The Balaban J connectivity index is 1.58.